The van der Waals surface area contributed by atoms with Gasteiger partial charge in [-0.05, 0) is 38.5 Å². The van der Waals surface area contributed by atoms with Gasteiger partial charge in [0.05, 0.1) is 12.2 Å². The molecule has 94 valence electrons. The van der Waals surface area contributed by atoms with Gasteiger partial charge in [0.25, 0.3) is 5.89 Å². The van der Waals surface area contributed by atoms with Gasteiger partial charge in [-0.3, -0.25) is 0 Å². The molecule has 0 aliphatic heterocycles. The maximum Gasteiger partial charge on any atom is 0.252 e. The normalized spacial score (nSPS) is 29.5. The lowest BCUT2D eigenvalue weighted by Gasteiger charge is -2.24. The van der Waals surface area contributed by atoms with E-state index in [1.54, 1.807) is 0 Å². The highest BCUT2D eigenvalue weighted by molar-refractivity contribution is 5.02. The Kier molecular flexibility index (Phi) is 3.11. The Bertz CT molecular complexity index is 368. The van der Waals surface area contributed by atoms with Crippen molar-refractivity contribution >= 4 is 0 Å². The van der Waals surface area contributed by atoms with Crippen LogP contribution in [-0.2, 0) is 11.3 Å². The van der Waals surface area contributed by atoms with E-state index < -0.39 is 0 Å². The lowest BCUT2D eigenvalue weighted by molar-refractivity contribution is -0.0203. The van der Waals surface area contributed by atoms with Gasteiger partial charge in [-0.15, -0.1) is 0 Å². The van der Waals surface area contributed by atoms with Crippen molar-refractivity contribution in [1.82, 2.24) is 10.1 Å². The summed E-state index contributed by atoms with van der Waals surface area (Å²) in [5.41, 5.74) is 0. The zero-order chi connectivity index (χ0) is 11.7. The van der Waals surface area contributed by atoms with Crippen LogP contribution in [0.15, 0.2) is 4.52 Å². The first kappa shape index (κ1) is 11.2. The fraction of sp³-hybridized carbons (Fsp3) is 0.833. The number of hydrogen-bond acceptors (Lipinski definition) is 5. The molecule has 2 saturated carbocycles. The minimum atomic E-state index is -0.139. The lowest BCUT2D eigenvalue weighted by atomic mass is 9.95. The molecule has 2 aliphatic carbocycles. The van der Waals surface area contributed by atoms with Crippen LogP contribution in [0.2, 0.25) is 0 Å². The summed E-state index contributed by atoms with van der Waals surface area (Å²) in [5, 5.41) is 13.3. The van der Waals surface area contributed by atoms with Crippen molar-refractivity contribution in [3.63, 3.8) is 0 Å². The number of nitrogens with zero attached hydrogens (tertiary/aromatic N) is 2. The molecule has 0 spiro atoms. The van der Waals surface area contributed by atoms with Crippen molar-refractivity contribution in [3.8, 4) is 0 Å². The van der Waals surface area contributed by atoms with Crippen LogP contribution in [0.1, 0.15) is 56.2 Å². The van der Waals surface area contributed by atoms with Crippen LogP contribution in [0.3, 0.4) is 0 Å². The molecular weight excluding hydrogens is 220 g/mol. The van der Waals surface area contributed by atoms with Gasteiger partial charge in [0, 0.05) is 5.92 Å². The highest BCUT2D eigenvalue weighted by atomic mass is 16.5. The molecule has 3 rings (SSSR count). The first-order valence-electron chi connectivity index (χ1n) is 6.43. The number of aliphatic hydroxyl groups excluding tert-OH is 1. The Morgan fingerprint density at radius 2 is 1.94 bits per heavy atom. The SMILES string of the molecule is OC1CCC(OCc2nc(C3CC3)no2)CC1. The molecule has 1 aromatic heterocycles. The van der Waals surface area contributed by atoms with Crippen molar-refractivity contribution in [2.45, 2.75) is 63.3 Å². The van der Waals surface area contributed by atoms with Gasteiger partial charge in [0.2, 0.25) is 0 Å². The van der Waals surface area contributed by atoms with E-state index >= 15 is 0 Å². The number of hydrogen-bond donors (Lipinski definition) is 1. The largest absolute Gasteiger partial charge is 0.393 e. The van der Waals surface area contributed by atoms with Gasteiger partial charge in [0.15, 0.2) is 5.82 Å². The molecule has 1 aromatic rings. The first-order chi connectivity index (χ1) is 8.31. The third-order valence-electron chi connectivity index (χ3n) is 3.51. The van der Waals surface area contributed by atoms with Crippen molar-refractivity contribution in [3.05, 3.63) is 11.7 Å². The van der Waals surface area contributed by atoms with Gasteiger partial charge >= 0.3 is 0 Å². The summed E-state index contributed by atoms with van der Waals surface area (Å²) in [6.45, 7) is 0.403. The molecule has 5 nitrogen and oxygen atoms in total. The van der Waals surface area contributed by atoms with Crippen molar-refractivity contribution in [1.29, 1.82) is 0 Å². The molecule has 5 heteroatoms. The molecule has 0 bridgehead atoms. The molecule has 0 atom stereocenters. The third kappa shape index (κ3) is 2.84. The van der Waals surface area contributed by atoms with Crippen molar-refractivity contribution in [2.75, 3.05) is 0 Å². The number of ether oxygens (including phenoxy) is 1. The second-order valence-electron chi connectivity index (χ2n) is 5.06. The summed E-state index contributed by atoms with van der Waals surface area (Å²) in [7, 11) is 0. The fourth-order valence-corrected chi connectivity index (χ4v) is 2.24. The van der Waals surface area contributed by atoms with Gasteiger partial charge in [-0.2, -0.15) is 4.98 Å². The molecule has 2 aliphatic rings. The Labute approximate surface area is 100 Å². The maximum atomic E-state index is 9.39. The van der Waals surface area contributed by atoms with Gasteiger partial charge in [-0.1, -0.05) is 5.16 Å². The highest BCUT2D eigenvalue weighted by Crippen LogP contribution is 2.38. The molecular formula is C12H18N2O3. The summed E-state index contributed by atoms with van der Waals surface area (Å²) in [6, 6.07) is 0. The molecule has 0 unspecified atom stereocenters. The molecule has 0 aromatic carbocycles. The number of aromatic nitrogens is 2. The predicted molar refractivity (Wildman–Crippen MR) is 59.3 cm³/mol. The van der Waals surface area contributed by atoms with Gasteiger partial charge < -0.3 is 14.4 Å². The average Bonchev–Trinajstić information content (AvgIpc) is 3.09. The maximum absolute atomic E-state index is 9.39. The minimum absolute atomic E-state index is 0.139. The second-order valence-corrected chi connectivity index (χ2v) is 5.06. The van der Waals surface area contributed by atoms with E-state index in [1.807, 2.05) is 0 Å². The van der Waals surface area contributed by atoms with E-state index in [0.717, 1.165) is 31.5 Å². The third-order valence-corrected chi connectivity index (χ3v) is 3.51. The molecule has 2 fully saturated rings. The average molecular weight is 238 g/mol. The zero-order valence-corrected chi connectivity index (χ0v) is 9.84. The Hall–Kier alpha value is -0.940. The first-order valence-corrected chi connectivity index (χ1v) is 6.43. The topological polar surface area (TPSA) is 68.4 Å². The smallest absolute Gasteiger partial charge is 0.252 e. The van der Waals surface area contributed by atoms with Crippen LogP contribution in [0.5, 0.6) is 0 Å². The van der Waals surface area contributed by atoms with Gasteiger partial charge in [0.1, 0.15) is 6.61 Å². The van der Waals surface area contributed by atoms with Crippen LogP contribution in [0.4, 0.5) is 0 Å². The second kappa shape index (κ2) is 4.74. The summed E-state index contributed by atoms with van der Waals surface area (Å²) < 4.78 is 10.9. The van der Waals surface area contributed by atoms with Gasteiger partial charge in [-0.25, -0.2) is 0 Å². The van der Waals surface area contributed by atoms with Crippen LogP contribution >= 0.6 is 0 Å². The quantitative estimate of drug-likeness (QED) is 0.865. The number of rotatable bonds is 4. The Balaban J connectivity index is 1.46. The summed E-state index contributed by atoms with van der Waals surface area (Å²) in [6.07, 6.45) is 5.97. The van der Waals surface area contributed by atoms with Crippen LogP contribution < -0.4 is 0 Å². The molecule has 1 N–H and O–H groups in total. The standard InChI is InChI=1S/C12H18N2O3/c15-9-3-5-10(6-4-9)16-7-11-13-12(14-17-11)8-1-2-8/h8-10,15H,1-7H2. The molecule has 0 amide bonds. The summed E-state index contributed by atoms with van der Waals surface area (Å²) >= 11 is 0. The highest BCUT2D eigenvalue weighted by Gasteiger charge is 2.29. The van der Waals surface area contributed by atoms with Crippen LogP contribution in [0, 0.1) is 0 Å². The molecule has 17 heavy (non-hydrogen) atoms. The zero-order valence-electron chi connectivity index (χ0n) is 9.84. The number of aliphatic hydroxyl groups is 1. The Morgan fingerprint density at radius 1 is 1.18 bits per heavy atom. The van der Waals surface area contributed by atoms with E-state index in [2.05, 4.69) is 10.1 Å². The van der Waals surface area contributed by atoms with E-state index in [-0.39, 0.29) is 12.2 Å². The molecule has 1 heterocycles. The summed E-state index contributed by atoms with van der Waals surface area (Å²) in [5.74, 6) is 1.94. The minimum Gasteiger partial charge on any atom is -0.393 e. The predicted octanol–water partition coefficient (Wildman–Crippen LogP) is 1.77. The van der Waals surface area contributed by atoms with Crippen LogP contribution in [-0.4, -0.2) is 27.5 Å². The fourth-order valence-electron chi connectivity index (χ4n) is 2.24. The van der Waals surface area contributed by atoms with E-state index in [9.17, 15) is 5.11 Å². The monoisotopic (exact) mass is 238 g/mol. The Morgan fingerprint density at radius 3 is 2.65 bits per heavy atom. The lowest BCUT2D eigenvalue weighted by Crippen LogP contribution is -2.24. The van der Waals surface area contributed by atoms with E-state index in [0.29, 0.717) is 18.4 Å². The summed E-state index contributed by atoms with van der Waals surface area (Å²) in [4.78, 5) is 4.32. The van der Waals surface area contributed by atoms with E-state index in [1.165, 1.54) is 12.8 Å². The van der Waals surface area contributed by atoms with Crippen molar-refractivity contribution in [2.24, 2.45) is 0 Å². The van der Waals surface area contributed by atoms with Crippen molar-refractivity contribution < 1.29 is 14.4 Å². The molecule has 0 saturated heterocycles. The van der Waals surface area contributed by atoms with E-state index in [4.69, 9.17) is 9.26 Å². The van der Waals surface area contributed by atoms with Crippen LogP contribution in [0.25, 0.3) is 0 Å². The molecule has 0 radical (unpaired) electrons.